The minimum absolute atomic E-state index is 0.0485. The fourth-order valence-electron chi connectivity index (χ4n) is 2.51. The Morgan fingerprint density at radius 1 is 1.29 bits per heavy atom. The zero-order chi connectivity index (χ0) is 20.5. The molecule has 1 heterocycles. The average Bonchev–Trinajstić information content (AvgIpc) is 2.62. The quantitative estimate of drug-likeness (QED) is 0.516. The fourth-order valence-corrected chi connectivity index (χ4v) is 3.05. The molecule has 2 unspecified atom stereocenters. The van der Waals surface area contributed by atoms with Gasteiger partial charge >= 0.3 is 12.1 Å². The van der Waals surface area contributed by atoms with Gasteiger partial charge in [-0.05, 0) is 37.3 Å². The Morgan fingerprint density at radius 2 is 2.04 bits per heavy atom. The van der Waals surface area contributed by atoms with Gasteiger partial charge in [0.15, 0.2) is 0 Å². The van der Waals surface area contributed by atoms with Gasteiger partial charge in [-0.3, -0.25) is 0 Å². The van der Waals surface area contributed by atoms with E-state index in [0.717, 1.165) is 18.2 Å². The van der Waals surface area contributed by atoms with Crippen molar-refractivity contribution in [2.24, 2.45) is 0 Å². The van der Waals surface area contributed by atoms with Crippen molar-refractivity contribution in [3.05, 3.63) is 47.0 Å². The molecule has 0 amide bonds. The van der Waals surface area contributed by atoms with Crippen molar-refractivity contribution in [3.8, 4) is 17.2 Å². The number of carbonyl (C=O) groups excluding carboxylic acids is 1. The molecule has 2 aromatic carbocycles. The topological polar surface area (TPSA) is 56.8 Å². The Labute approximate surface area is 169 Å². The van der Waals surface area contributed by atoms with Gasteiger partial charge in [0.05, 0.1) is 22.9 Å². The molecule has 1 aliphatic heterocycles. The summed E-state index contributed by atoms with van der Waals surface area (Å²) in [5, 5.41) is 2.21. The van der Waals surface area contributed by atoms with E-state index in [1.54, 1.807) is 19.1 Å². The average molecular weight is 434 g/mol. The molecule has 0 radical (unpaired) electrons. The van der Waals surface area contributed by atoms with Gasteiger partial charge in [-0.2, -0.15) is 25.8 Å². The van der Waals surface area contributed by atoms with E-state index >= 15 is 0 Å². The lowest BCUT2D eigenvalue weighted by Crippen LogP contribution is -2.44. The second-order valence-electron chi connectivity index (χ2n) is 5.78. The molecule has 3 rings (SSSR count). The molecule has 0 spiro atoms. The fraction of sp³-hybridized carbons (Fsp3) is 0.278. The van der Waals surface area contributed by atoms with Crippen LogP contribution in [0.25, 0.3) is 0 Å². The van der Waals surface area contributed by atoms with E-state index in [4.69, 9.17) is 25.8 Å². The number of rotatable bonds is 4. The summed E-state index contributed by atoms with van der Waals surface area (Å²) in [4.78, 5) is 12.0. The summed E-state index contributed by atoms with van der Waals surface area (Å²) in [6.07, 6.45) is -5.47. The predicted octanol–water partition coefficient (Wildman–Crippen LogP) is 5.14. The molecule has 1 N–H and O–H groups in total. The Hall–Kier alpha value is -2.26. The van der Waals surface area contributed by atoms with Crippen molar-refractivity contribution in [1.29, 1.82) is 0 Å². The highest BCUT2D eigenvalue weighted by atomic mass is 35.5. The molecule has 0 aliphatic carbocycles. The lowest BCUT2D eigenvalue weighted by molar-refractivity contribution is -0.151. The third kappa shape index (κ3) is 4.41. The van der Waals surface area contributed by atoms with Crippen LogP contribution in [0.1, 0.15) is 12.5 Å². The normalized spacial score (nSPS) is 18.5. The number of nitrogens with one attached hydrogen (secondary N) is 1. The smallest absolute Gasteiger partial charge is 0.416 e. The van der Waals surface area contributed by atoms with Crippen molar-refractivity contribution in [2.75, 3.05) is 11.9 Å². The zero-order valence-electron chi connectivity index (χ0n) is 14.4. The van der Waals surface area contributed by atoms with Crippen LogP contribution in [-0.2, 0) is 15.7 Å². The second-order valence-corrected chi connectivity index (χ2v) is 6.75. The van der Waals surface area contributed by atoms with E-state index in [0.29, 0.717) is 11.4 Å². The van der Waals surface area contributed by atoms with Crippen LogP contribution in [-0.4, -0.2) is 24.1 Å². The largest absolute Gasteiger partial charge is 0.473 e. The van der Waals surface area contributed by atoms with E-state index < -0.39 is 29.2 Å². The lowest BCUT2D eigenvalue weighted by Gasteiger charge is -2.31. The summed E-state index contributed by atoms with van der Waals surface area (Å²) in [5.41, 5.74) is -0.300. The number of benzene rings is 2. The maximum absolute atomic E-state index is 12.7. The minimum Gasteiger partial charge on any atom is -0.473 e. The van der Waals surface area contributed by atoms with Gasteiger partial charge in [0.2, 0.25) is 6.10 Å². The molecule has 2 aromatic rings. The standard InChI is InChI=1S/C18H15ClF3NO4S/c1-2-25-17(24)15-16(28)23-12-5-4-10(8-14(12)27-15)26-13-6-3-9(7-11(13)19)18(20,21)22/h3-8,15-16,23,28H,2H2,1H3. The number of hydrogen-bond acceptors (Lipinski definition) is 6. The van der Waals surface area contributed by atoms with E-state index in [9.17, 15) is 18.0 Å². The number of halogens is 4. The first kappa shape index (κ1) is 20.5. The van der Waals surface area contributed by atoms with Gasteiger partial charge in [0, 0.05) is 6.07 Å². The van der Waals surface area contributed by atoms with Crippen molar-refractivity contribution in [3.63, 3.8) is 0 Å². The molecule has 1 aliphatic rings. The third-order valence-corrected chi connectivity index (χ3v) is 4.50. The van der Waals surface area contributed by atoms with Crippen LogP contribution in [0, 0.1) is 0 Å². The van der Waals surface area contributed by atoms with Gasteiger partial charge in [0.1, 0.15) is 22.6 Å². The molecule has 0 saturated heterocycles. The summed E-state index contributed by atoms with van der Waals surface area (Å²) in [5.74, 6) is 0.0523. The zero-order valence-corrected chi connectivity index (χ0v) is 16.1. The van der Waals surface area contributed by atoms with Gasteiger partial charge in [-0.15, -0.1) is 0 Å². The summed E-state index contributed by atoms with van der Waals surface area (Å²) >= 11 is 10.2. The minimum atomic E-state index is -4.50. The molecule has 10 heteroatoms. The molecular formula is C18H15ClF3NO4S. The van der Waals surface area contributed by atoms with Gasteiger partial charge in [-0.1, -0.05) is 11.6 Å². The molecule has 28 heavy (non-hydrogen) atoms. The molecular weight excluding hydrogens is 419 g/mol. The van der Waals surface area contributed by atoms with Crippen LogP contribution in [0.4, 0.5) is 18.9 Å². The highest BCUT2D eigenvalue weighted by molar-refractivity contribution is 7.81. The first-order valence-corrected chi connectivity index (χ1v) is 9.05. The number of esters is 1. The highest BCUT2D eigenvalue weighted by Crippen LogP contribution is 2.40. The van der Waals surface area contributed by atoms with Crippen molar-refractivity contribution in [1.82, 2.24) is 0 Å². The Balaban J connectivity index is 1.81. The maximum Gasteiger partial charge on any atom is 0.416 e. The van der Waals surface area contributed by atoms with Crippen LogP contribution >= 0.6 is 24.2 Å². The third-order valence-electron chi connectivity index (χ3n) is 3.80. The molecule has 0 fully saturated rings. The monoisotopic (exact) mass is 433 g/mol. The van der Waals surface area contributed by atoms with Crippen LogP contribution in [0.3, 0.4) is 0 Å². The molecule has 0 saturated carbocycles. The number of ether oxygens (including phenoxy) is 3. The SMILES string of the molecule is CCOC(=O)C1Oc2cc(Oc3ccc(C(F)(F)F)cc3Cl)ccc2NC1S. The highest BCUT2D eigenvalue weighted by Gasteiger charge is 2.34. The number of carbonyl (C=O) groups is 1. The number of fused-ring (bicyclic) bond motifs is 1. The molecule has 0 bridgehead atoms. The van der Waals surface area contributed by atoms with Gasteiger partial charge < -0.3 is 19.5 Å². The molecule has 150 valence electrons. The summed E-state index contributed by atoms with van der Waals surface area (Å²) < 4.78 is 54.4. The second kappa shape index (κ2) is 8.00. The first-order valence-electron chi connectivity index (χ1n) is 8.15. The summed E-state index contributed by atoms with van der Waals surface area (Å²) in [6.45, 7) is 1.87. The van der Waals surface area contributed by atoms with Gasteiger partial charge in [0.25, 0.3) is 0 Å². The van der Waals surface area contributed by atoms with Crippen LogP contribution in [0.2, 0.25) is 5.02 Å². The number of alkyl halides is 3. The lowest BCUT2D eigenvalue weighted by atomic mass is 10.2. The Morgan fingerprint density at radius 3 is 2.68 bits per heavy atom. The van der Waals surface area contributed by atoms with Gasteiger partial charge in [-0.25, -0.2) is 4.79 Å². The first-order chi connectivity index (χ1) is 13.2. The molecule has 2 atom stereocenters. The van der Waals surface area contributed by atoms with Crippen LogP contribution in [0.15, 0.2) is 36.4 Å². The van der Waals surface area contributed by atoms with E-state index in [-0.39, 0.29) is 23.1 Å². The number of thiol groups is 1. The van der Waals surface area contributed by atoms with Crippen LogP contribution < -0.4 is 14.8 Å². The Kier molecular flexibility index (Phi) is 5.85. The summed E-state index contributed by atoms with van der Waals surface area (Å²) in [7, 11) is 0. The Bertz CT molecular complexity index is 894. The summed E-state index contributed by atoms with van der Waals surface area (Å²) in [6, 6.07) is 7.49. The molecule has 0 aromatic heterocycles. The van der Waals surface area contributed by atoms with E-state index in [1.807, 2.05) is 0 Å². The van der Waals surface area contributed by atoms with Crippen LogP contribution in [0.5, 0.6) is 17.2 Å². The maximum atomic E-state index is 12.7. The van der Waals surface area contributed by atoms with E-state index in [1.165, 1.54) is 6.07 Å². The number of anilines is 1. The number of hydrogen-bond donors (Lipinski definition) is 2. The van der Waals surface area contributed by atoms with Crippen molar-refractivity contribution < 1.29 is 32.2 Å². The predicted molar refractivity (Wildman–Crippen MR) is 100 cm³/mol. The van der Waals surface area contributed by atoms with E-state index in [2.05, 4.69) is 17.9 Å². The molecule has 5 nitrogen and oxygen atoms in total. The van der Waals surface area contributed by atoms with Crippen molar-refractivity contribution in [2.45, 2.75) is 24.6 Å². The van der Waals surface area contributed by atoms with Crippen molar-refractivity contribution >= 4 is 35.9 Å².